The largest absolute Gasteiger partial charge is 0.438 e. The van der Waals surface area contributed by atoms with Gasteiger partial charge in [-0.15, -0.1) is 11.3 Å². The van der Waals surface area contributed by atoms with Gasteiger partial charge in [0.15, 0.2) is 6.10 Å². The molecule has 1 saturated heterocycles. The lowest BCUT2D eigenvalue weighted by molar-refractivity contribution is 0.139. The van der Waals surface area contributed by atoms with E-state index >= 15 is 0 Å². The molecule has 1 saturated carbocycles. The van der Waals surface area contributed by atoms with Crippen LogP contribution in [0.15, 0.2) is 5.38 Å². The van der Waals surface area contributed by atoms with E-state index in [9.17, 15) is 4.79 Å². The molecule has 3 rings (SSSR count). The minimum absolute atomic E-state index is 0.175. The number of nitrogens with zero attached hydrogens (tertiary/aromatic N) is 1. The molecular formula is C9H10N2O2S. The Morgan fingerprint density at radius 1 is 1.57 bits per heavy atom. The van der Waals surface area contributed by atoms with Crippen LogP contribution in [0.4, 0.5) is 4.79 Å². The zero-order chi connectivity index (χ0) is 9.54. The number of hydrogen-bond donors (Lipinski definition) is 1. The Morgan fingerprint density at radius 2 is 2.43 bits per heavy atom. The van der Waals surface area contributed by atoms with Crippen molar-refractivity contribution >= 4 is 17.4 Å². The van der Waals surface area contributed by atoms with E-state index in [-0.39, 0.29) is 12.2 Å². The van der Waals surface area contributed by atoms with Gasteiger partial charge in [-0.3, -0.25) is 0 Å². The van der Waals surface area contributed by atoms with Gasteiger partial charge < -0.3 is 10.1 Å². The highest BCUT2D eigenvalue weighted by Gasteiger charge is 2.30. The molecule has 0 aromatic carbocycles. The van der Waals surface area contributed by atoms with Gasteiger partial charge in [-0.2, -0.15) is 0 Å². The Labute approximate surface area is 85.3 Å². The fraction of sp³-hybridized carbons (Fsp3) is 0.556. The van der Waals surface area contributed by atoms with Crippen molar-refractivity contribution in [2.24, 2.45) is 0 Å². The fourth-order valence-electron chi connectivity index (χ4n) is 1.52. The van der Waals surface area contributed by atoms with E-state index in [1.807, 2.05) is 5.38 Å². The summed E-state index contributed by atoms with van der Waals surface area (Å²) in [5.41, 5.74) is 0.898. The van der Waals surface area contributed by atoms with E-state index in [4.69, 9.17) is 4.74 Å². The maximum absolute atomic E-state index is 10.8. The molecule has 1 amide bonds. The van der Waals surface area contributed by atoms with Gasteiger partial charge in [-0.1, -0.05) is 0 Å². The van der Waals surface area contributed by atoms with Crippen LogP contribution in [0, 0.1) is 0 Å². The molecule has 1 aliphatic heterocycles. The molecule has 1 unspecified atom stereocenters. The summed E-state index contributed by atoms with van der Waals surface area (Å²) < 4.78 is 5.05. The van der Waals surface area contributed by atoms with Gasteiger partial charge in [0.25, 0.3) is 0 Å². The van der Waals surface area contributed by atoms with Gasteiger partial charge in [-0.25, -0.2) is 9.78 Å². The van der Waals surface area contributed by atoms with Gasteiger partial charge in [0, 0.05) is 11.3 Å². The molecule has 1 aromatic heterocycles. The van der Waals surface area contributed by atoms with Crippen molar-refractivity contribution < 1.29 is 9.53 Å². The normalized spacial score (nSPS) is 26.0. The van der Waals surface area contributed by atoms with Crippen LogP contribution in [0.2, 0.25) is 0 Å². The summed E-state index contributed by atoms with van der Waals surface area (Å²) in [5, 5.41) is 5.82. The van der Waals surface area contributed by atoms with Gasteiger partial charge in [-0.05, 0) is 12.8 Å². The molecule has 2 fully saturated rings. The van der Waals surface area contributed by atoms with E-state index in [0.717, 1.165) is 5.69 Å². The summed E-state index contributed by atoms with van der Waals surface area (Å²) in [5.74, 6) is 0.679. The first-order chi connectivity index (χ1) is 6.83. The van der Waals surface area contributed by atoms with E-state index in [1.165, 1.54) is 17.8 Å². The second kappa shape index (κ2) is 2.95. The van der Waals surface area contributed by atoms with Crippen molar-refractivity contribution in [1.29, 1.82) is 0 Å². The molecule has 2 aliphatic rings. The first-order valence-electron chi connectivity index (χ1n) is 4.73. The van der Waals surface area contributed by atoms with E-state index < -0.39 is 0 Å². The smallest absolute Gasteiger partial charge is 0.408 e. The van der Waals surface area contributed by atoms with Crippen LogP contribution < -0.4 is 5.32 Å². The maximum atomic E-state index is 10.8. The van der Waals surface area contributed by atoms with Crippen LogP contribution in [0.5, 0.6) is 0 Å². The molecule has 74 valence electrons. The quantitative estimate of drug-likeness (QED) is 0.809. The highest BCUT2D eigenvalue weighted by atomic mass is 32.1. The number of hydrogen-bond acceptors (Lipinski definition) is 4. The Bertz CT molecular complexity index is 373. The summed E-state index contributed by atoms with van der Waals surface area (Å²) >= 11 is 1.68. The predicted octanol–water partition coefficient (Wildman–Crippen LogP) is 1.80. The Morgan fingerprint density at radius 3 is 3.07 bits per heavy atom. The second-order valence-corrected chi connectivity index (χ2v) is 4.55. The number of aromatic nitrogens is 1. The lowest BCUT2D eigenvalue weighted by Gasteiger charge is -2.01. The van der Waals surface area contributed by atoms with Crippen LogP contribution >= 0.6 is 11.3 Å². The number of amides is 1. The molecule has 5 heteroatoms. The second-order valence-electron chi connectivity index (χ2n) is 3.66. The SMILES string of the molecule is O=C1NCC(c2csc(C3CC3)n2)O1. The molecule has 14 heavy (non-hydrogen) atoms. The number of carbonyl (C=O) groups is 1. The lowest BCUT2D eigenvalue weighted by atomic mass is 10.3. The van der Waals surface area contributed by atoms with Crippen LogP contribution in [-0.2, 0) is 4.74 Å². The summed E-state index contributed by atoms with van der Waals surface area (Å²) in [7, 11) is 0. The molecule has 1 aliphatic carbocycles. The van der Waals surface area contributed by atoms with Crippen molar-refractivity contribution in [2.75, 3.05) is 6.54 Å². The standard InChI is InChI=1S/C9H10N2O2S/c12-9-10-3-7(13-9)6-4-14-8(11-6)5-1-2-5/h4-5,7H,1-3H2,(H,10,12). The minimum Gasteiger partial charge on any atom is -0.438 e. The number of rotatable bonds is 2. The van der Waals surface area contributed by atoms with Crippen LogP contribution in [0.1, 0.15) is 35.6 Å². The first-order valence-corrected chi connectivity index (χ1v) is 5.60. The Kier molecular flexibility index (Phi) is 1.73. The fourth-order valence-corrected chi connectivity index (χ4v) is 2.55. The molecule has 0 radical (unpaired) electrons. The van der Waals surface area contributed by atoms with E-state index in [2.05, 4.69) is 10.3 Å². The summed E-state index contributed by atoms with van der Waals surface area (Å²) in [6.07, 6.45) is 2.01. The number of alkyl carbamates (subject to hydrolysis) is 1. The first kappa shape index (κ1) is 8.23. The molecule has 4 nitrogen and oxygen atoms in total. The van der Waals surface area contributed by atoms with Crippen LogP contribution in [-0.4, -0.2) is 17.6 Å². The topological polar surface area (TPSA) is 51.2 Å². The zero-order valence-electron chi connectivity index (χ0n) is 7.53. The highest BCUT2D eigenvalue weighted by molar-refractivity contribution is 7.09. The summed E-state index contributed by atoms with van der Waals surface area (Å²) in [4.78, 5) is 15.3. The van der Waals surface area contributed by atoms with Crippen molar-refractivity contribution in [3.8, 4) is 0 Å². The van der Waals surface area contributed by atoms with Crippen molar-refractivity contribution in [3.63, 3.8) is 0 Å². The molecule has 0 spiro atoms. The van der Waals surface area contributed by atoms with Crippen LogP contribution in [0.25, 0.3) is 0 Å². The van der Waals surface area contributed by atoms with Crippen molar-refractivity contribution in [1.82, 2.24) is 10.3 Å². The molecule has 1 N–H and O–H groups in total. The minimum atomic E-state index is -0.337. The lowest BCUT2D eigenvalue weighted by Crippen LogP contribution is -2.12. The third kappa shape index (κ3) is 1.37. The van der Waals surface area contributed by atoms with Crippen LogP contribution in [0.3, 0.4) is 0 Å². The van der Waals surface area contributed by atoms with Crippen molar-refractivity contribution in [3.05, 3.63) is 16.1 Å². The number of cyclic esters (lactones) is 1. The number of ether oxygens (including phenoxy) is 1. The van der Waals surface area contributed by atoms with Crippen molar-refractivity contribution in [2.45, 2.75) is 24.9 Å². The Balaban J connectivity index is 1.78. The maximum Gasteiger partial charge on any atom is 0.408 e. The van der Waals surface area contributed by atoms with Gasteiger partial charge in [0.1, 0.15) is 0 Å². The third-order valence-electron chi connectivity index (χ3n) is 2.48. The summed E-state index contributed by atoms with van der Waals surface area (Å²) in [6.45, 7) is 0.548. The number of carbonyl (C=O) groups excluding carboxylic acids is 1. The van der Waals surface area contributed by atoms with Gasteiger partial charge in [0.05, 0.1) is 17.2 Å². The molecule has 2 heterocycles. The molecule has 1 atom stereocenters. The molecule has 1 aromatic rings. The monoisotopic (exact) mass is 210 g/mol. The average Bonchev–Trinajstić information content (AvgIpc) is 2.76. The predicted molar refractivity (Wildman–Crippen MR) is 51.3 cm³/mol. The summed E-state index contributed by atoms with van der Waals surface area (Å²) in [6, 6.07) is 0. The van der Waals surface area contributed by atoms with E-state index in [0.29, 0.717) is 12.5 Å². The van der Waals surface area contributed by atoms with Gasteiger partial charge >= 0.3 is 6.09 Å². The average molecular weight is 210 g/mol. The number of nitrogens with one attached hydrogen (secondary N) is 1. The Hall–Kier alpha value is -1.10. The van der Waals surface area contributed by atoms with Gasteiger partial charge in [0.2, 0.25) is 0 Å². The molecular weight excluding hydrogens is 200 g/mol. The molecule has 0 bridgehead atoms. The highest BCUT2D eigenvalue weighted by Crippen LogP contribution is 2.42. The number of thiazole rings is 1. The zero-order valence-corrected chi connectivity index (χ0v) is 8.34. The van der Waals surface area contributed by atoms with E-state index in [1.54, 1.807) is 11.3 Å². The third-order valence-corrected chi connectivity index (χ3v) is 3.50.